The second kappa shape index (κ2) is 9.15. The van der Waals surface area contributed by atoms with Crippen LogP contribution in [0.3, 0.4) is 0 Å². The zero-order valence-electron chi connectivity index (χ0n) is 18.0. The van der Waals surface area contributed by atoms with Crippen molar-refractivity contribution in [1.29, 1.82) is 0 Å². The molecular formula is C22H23F3N4O2S. The van der Waals surface area contributed by atoms with Crippen molar-refractivity contribution in [1.82, 2.24) is 14.9 Å². The third-order valence-electron chi connectivity index (χ3n) is 4.65. The lowest BCUT2D eigenvalue weighted by molar-refractivity contribution is -0.147. The molecule has 0 radical (unpaired) electrons. The van der Waals surface area contributed by atoms with Crippen molar-refractivity contribution in [2.45, 2.75) is 39.0 Å². The van der Waals surface area contributed by atoms with Crippen LogP contribution >= 0.6 is 12.2 Å². The summed E-state index contributed by atoms with van der Waals surface area (Å²) in [4.78, 5) is 0. The van der Waals surface area contributed by atoms with Crippen LogP contribution in [0.4, 0.5) is 13.2 Å². The Balaban J connectivity index is 1.80. The van der Waals surface area contributed by atoms with Crippen LogP contribution < -0.4 is 9.47 Å². The number of nitrogens with one attached hydrogen (secondary N) is 1. The Morgan fingerprint density at radius 1 is 1.12 bits per heavy atom. The van der Waals surface area contributed by atoms with E-state index in [2.05, 4.69) is 36.1 Å². The summed E-state index contributed by atoms with van der Waals surface area (Å²) in [5, 5.41) is 9.14. The summed E-state index contributed by atoms with van der Waals surface area (Å²) in [6.45, 7) is 6.61. The van der Waals surface area contributed by atoms with Gasteiger partial charge in [0.15, 0.2) is 0 Å². The molecule has 0 spiro atoms. The predicted octanol–water partition coefficient (Wildman–Crippen LogP) is 5.73. The maximum atomic E-state index is 13.0. The fourth-order valence-corrected chi connectivity index (χ4v) is 3.09. The van der Waals surface area contributed by atoms with E-state index in [4.69, 9.17) is 21.7 Å². The van der Waals surface area contributed by atoms with E-state index < -0.39 is 12.0 Å². The summed E-state index contributed by atoms with van der Waals surface area (Å²) < 4.78 is 50.7. The minimum Gasteiger partial charge on any atom is -0.496 e. The summed E-state index contributed by atoms with van der Waals surface area (Å²) in [5.41, 5.74) is 2.49. The van der Waals surface area contributed by atoms with Crippen molar-refractivity contribution in [2.75, 3.05) is 7.11 Å². The molecule has 3 aromatic rings. The van der Waals surface area contributed by atoms with Crippen molar-refractivity contribution in [2.24, 2.45) is 5.10 Å². The highest BCUT2D eigenvalue weighted by Gasteiger charge is 2.37. The number of aromatic amines is 1. The van der Waals surface area contributed by atoms with Gasteiger partial charge in [-0.3, -0.25) is 0 Å². The molecule has 1 heterocycles. The van der Waals surface area contributed by atoms with Crippen LogP contribution in [-0.4, -0.2) is 28.2 Å². The molecule has 0 amide bonds. The van der Waals surface area contributed by atoms with Crippen molar-refractivity contribution >= 4 is 18.4 Å². The van der Waals surface area contributed by atoms with E-state index in [1.54, 1.807) is 18.2 Å². The molecule has 0 aliphatic heterocycles. The fourth-order valence-electron chi connectivity index (χ4n) is 2.91. The standard InChI is InChI=1S/C22H23F3N4O2S/c1-21(2,3)16-6-8-17(9-7-16)31-13-15-11-14(5-10-18(15)30-4)12-26-29-19(22(23,24)25)27-28-20(29)32/h5-12H,13H2,1-4H3,(H,28,32)/b26-12-. The second-order valence-electron chi connectivity index (χ2n) is 8.04. The topological polar surface area (TPSA) is 64.4 Å². The predicted molar refractivity (Wildman–Crippen MR) is 118 cm³/mol. The van der Waals surface area contributed by atoms with Gasteiger partial charge in [-0.15, -0.1) is 5.10 Å². The Kier molecular flexibility index (Phi) is 6.73. The third kappa shape index (κ3) is 5.56. The highest BCUT2D eigenvalue weighted by atomic mass is 32.1. The van der Waals surface area contributed by atoms with Crippen LogP contribution in [0.2, 0.25) is 0 Å². The Morgan fingerprint density at radius 2 is 1.81 bits per heavy atom. The van der Waals surface area contributed by atoms with E-state index in [-0.39, 0.29) is 16.8 Å². The zero-order valence-corrected chi connectivity index (χ0v) is 18.8. The minimum absolute atomic E-state index is 0.0410. The van der Waals surface area contributed by atoms with Gasteiger partial charge in [0.1, 0.15) is 18.1 Å². The number of halogens is 3. The number of nitrogens with zero attached hydrogens (tertiary/aromatic N) is 3. The Hall–Kier alpha value is -3.14. The number of ether oxygens (including phenoxy) is 2. The first-order valence-electron chi connectivity index (χ1n) is 9.68. The molecule has 170 valence electrons. The van der Waals surface area contributed by atoms with E-state index in [1.165, 1.54) is 18.9 Å². The molecule has 1 N–H and O–H groups in total. The first kappa shape index (κ1) is 23.5. The average Bonchev–Trinajstić information content (AvgIpc) is 3.11. The van der Waals surface area contributed by atoms with Crippen LogP contribution in [0.25, 0.3) is 0 Å². The molecule has 0 atom stereocenters. The van der Waals surface area contributed by atoms with Gasteiger partial charge in [0, 0.05) is 5.56 Å². The van der Waals surface area contributed by atoms with E-state index in [1.807, 2.05) is 24.3 Å². The number of rotatable bonds is 6. The van der Waals surface area contributed by atoms with Crippen LogP contribution in [-0.2, 0) is 18.2 Å². The third-order valence-corrected chi connectivity index (χ3v) is 4.91. The summed E-state index contributed by atoms with van der Waals surface area (Å²) >= 11 is 4.84. The Labute approximate surface area is 188 Å². The number of alkyl halides is 3. The van der Waals surface area contributed by atoms with Gasteiger partial charge < -0.3 is 9.47 Å². The van der Waals surface area contributed by atoms with Gasteiger partial charge in [0.05, 0.1) is 13.3 Å². The molecule has 0 unspecified atom stereocenters. The number of methoxy groups -OCH3 is 1. The average molecular weight is 465 g/mol. The molecule has 0 saturated carbocycles. The first-order chi connectivity index (χ1) is 15.0. The van der Waals surface area contributed by atoms with Gasteiger partial charge in [-0.1, -0.05) is 32.9 Å². The zero-order chi connectivity index (χ0) is 23.5. The molecule has 3 rings (SSSR count). The summed E-state index contributed by atoms with van der Waals surface area (Å²) in [6, 6.07) is 12.9. The Bertz CT molecular complexity index is 1160. The van der Waals surface area contributed by atoms with E-state index in [9.17, 15) is 13.2 Å². The van der Waals surface area contributed by atoms with Gasteiger partial charge in [0.2, 0.25) is 4.77 Å². The maximum absolute atomic E-state index is 13.0. The fraction of sp³-hybridized carbons (Fsp3) is 0.318. The molecule has 0 bridgehead atoms. The van der Waals surface area contributed by atoms with E-state index >= 15 is 0 Å². The first-order valence-corrected chi connectivity index (χ1v) is 10.1. The lowest BCUT2D eigenvalue weighted by Crippen LogP contribution is -2.12. The number of benzene rings is 2. The molecule has 0 aliphatic carbocycles. The lowest BCUT2D eigenvalue weighted by atomic mass is 9.87. The summed E-state index contributed by atoms with van der Waals surface area (Å²) in [6.07, 6.45) is -3.42. The van der Waals surface area contributed by atoms with Crippen molar-refractivity contribution in [3.8, 4) is 11.5 Å². The van der Waals surface area contributed by atoms with Crippen molar-refractivity contribution < 1.29 is 22.6 Å². The van der Waals surface area contributed by atoms with Crippen LogP contribution in [0, 0.1) is 4.77 Å². The number of hydrogen-bond donors (Lipinski definition) is 1. The Morgan fingerprint density at radius 3 is 2.41 bits per heavy atom. The van der Waals surface area contributed by atoms with Crippen LogP contribution in [0.15, 0.2) is 47.6 Å². The molecular weight excluding hydrogens is 441 g/mol. The number of aromatic nitrogens is 3. The minimum atomic E-state index is -4.69. The van der Waals surface area contributed by atoms with Gasteiger partial charge in [0.25, 0.3) is 5.82 Å². The SMILES string of the molecule is COc1ccc(/C=N\n2c(C(F)(F)F)n[nH]c2=S)cc1COc1ccc(C(C)(C)C)cc1. The monoisotopic (exact) mass is 464 g/mol. The summed E-state index contributed by atoms with van der Waals surface area (Å²) in [7, 11) is 1.53. The molecule has 0 fully saturated rings. The summed E-state index contributed by atoms with van der Waals surface area (Å²) in [5.74, 6) is 0.0533. The lowest BCUT2D eigenvalue weighted by Gasteiger charge is -2.19. The van der Waals surface area contributed by atoms with E-state index in [0.717, 1.165) is 0 Å². The molecule has 0 aliphatic rings. The van der Waals surface area contributed by atoms with Gasteiger partial charge in [-0.2, -0.15) is 22.9 Å². The molecule has 0 saturated heterocycles. The molecule has 2 aromatic carbocycles. The highest BCUT2D eigenvalue weighted by molar-refractivity contribution is 7.71. The number of H-pyrrole nitrogens is 1. The second-order valence-corrected chi connectivity index (χ2v) is 8.43. The maximum Gasteiger partial charge on any atom is 0.453 e. The van der Waals surface area contributed by atoms with Gasteiger partial charge in [-0.05, 0) is 59.1 Å². The van der Waals surface area contributed by atoms with Gasteiger partial charge in [-0.25, -0.2) is 5.10 Å². The van der Waals surface area contributed by atoms with Crippen LogP contribution in [0.5, 0.6) is 11.5 Å². The van der Waals surface area contributed by atoms with Crippen molar-refractivity contribution in [3.63, 3.8) is 0 Å². The molecule has 10 heteroatoms. The highest BCUT2D eigenvalue weighted by Crippen LogP contribution is 2.28. The quantitative estimate of drug-likeness (QED) is 0.374. The normalized spacial score (nSPS) is 12.3. The molecule has 6 nitrogen and oxygen atoms in total. The molecule has 32 heavy (non-hydrogen) atoms. The van der Waals surface area contributed by atoms with Gasteiger partial charge >= 0.3 is 6.18 Å². The molecule has 1 aromatic heterocycles. The van der Waals surface area contributed by atoms with Crippen molar-refractivity contribution in [3.05, 3.63) is 69.8 Å². The van der Waals surface area contributed by atoms with Crippen LogP contribution in [0.1, 0.15) is 43.3 Å². The smallest absolute Gasteiger partial charge is 0.453 e. The van der Waals surface area contributed by atoms with E-state index in [0.29, 0.717) is 27.3 Å². The largest absolute Gasteiger partial charge is 0.496 e. The number of hydrogen-bond acceptors (Lipinski definition) is 5.